The Morgan fingerprint density at radius 3 is 2.30 bits per heavy atom. The van der Waals surface area contributed by atoms with Crippen LogP contribution in [0, 0.1) is 12.8 Å². The minimum Gasteiger partial charge on any atom is -0.327 e. The molecule has 0 bridgehead atoms. The lowest BCUT2D eigenvalue weighted by Crippen LogP contribution is -2.34. The predicted molar refractivity (Wildman–Crippen MR) is 74.9 cm³/mol. The molecule has 0 aliphatic carbocycles. The summed E-state index contributed by atoms with van der Waals surface area (Å²) >= 11 is 0. The number of hydrogen-bond donors (Lipinski definition) is 2. The van der Waals surface area contributed by atoms with E-state index in [2.05, 4.69) is 5.32 Å². The molecule has 0 saturated carbocycles. The van der Waals surface area contributed by atoms with Crippen LogP contribution < -0.4 is 11.1 Å². The average molecular weight is 311 g/mol. The maximum atomic E-state index is 12.7. The molecule has 1 aromatic carbocycles. The molecule has 114 valence electrons. The van der Waals surface area contributed by atoms with Crippen molar-refractivity contribution in [2.24, 2.45) is 11.7 Å². The summed E-state index contributed by atoms with van der Waals surface area (Å²) < 4.78 is 38.2. The first-order chi connectivity index (χ1) is 8.64. The fourth-order valence-corrected chi connectivity index (χ4v) is 1.56. The van der Waals surface area contributed by atoms with Crippen LogP contribution in [0.3, 0.4) is 0 Å². The Morgan fingerprint density at radius 1 is 1.30 bits per heavy atom. The van der Waals surface area contributed by atoms with Gasteiger partial charge in [-0.15, -0.1) is 12.4 Å². The molecule has 1 amide bonds. The van der Waals surface area contributed by atoms with E-state index in [9.17, 15) is 18.0 Å². The molecule has 2 unspecified atom stereocenters. The summed E-state index contributed by atoms with van der Waals surface area (Å²) in [7, 11) is 0. The molecule has 0 heterocycles. The first kappa shape index (κ1) is 18.7. The number of anilines is 1. The molecule has 0 fully saturated rings. The number of rotatable bonds is 3. The quantitative estimate of drug-likeness (QED) is 0.899. The van der Waals surface area contributed by atoms with Crippen LogP contribution >= 0.6 is 12.4 Å². The van der Waals surface area contributed by atoms with Crippen molar-refractivity contribution in [3.8, 4) is 0 Å². The van der Waals surface area contributed by atoms with E-state index in [0.717, 1.165) is 6.07 Å². The Kier molecular flexibility index (Phi) is 6.50. The smallest absolute Gasteiger partial charge is 0.327 e. The van der Waals surface area contributed by atoms with Crippen molar-refractivity contribution in [3.05, 3.63) is 29.3 Å². The number of carbonyl (C=O) groups is 1. The van der Waals surface area contributed by atoms with Crippen LogP contribution in [-0.4, -0.2) is 11.9 Å². The van der Waals surface area contributed by atoms with Crippen molar-refractivity contribution in [2.45, 2.75) is 33.0 Å². The second-order valence-corrected chi connectivity index (χ2v) is 4.61. The largest absolute Gasteiger partial charge is 0.416 e. The Bertz CT molecular complexity index is 475. The molecule has 3 nitrogen and oxygen atoms in total. The molecule has 0 saturated heterocycles. The fraction of sp³-hybridized carbons (Fsp3) is 0.462. The van der Waals surface area contributed by atoms with Gasteiger partial charge in [-0.05, 0) is 31.5 Å². The number of nitrogens with two attached hydrogens (primary N) is 1. The molecule has 0 aromatic heterocycles. The van der Waals surface area contributed by atoms with Crippen LogP contribution in [0.5, 0.6) is 0 Å². The summed E-state index contributed by atoms with van der Waals surface area (Å²) in [5.74, 6) is -0.869. The van der Waals surface area contributed by atoms with Gasteiger partial charge in [-0.25, -0.2) is 0 Å². The lowest BCUT2D eigenvalue weighted by molar-refractivity contribution is -0.138. The van der Waals surface area contributed by atoms with Gasteiger partial charge in [0, 0.05) is 11.7 Å². The second kappa shape index (κ2) is 6.95. The van der Waals surface area contributed by atoms with Gasteiger partial charge in [0.15, 0.2) is 0 Å². The summed E-state index contributed by atoms with van der Waals surface area (Å²) in [4.78, 5) is 11.8. The van der Waals surface area contributed by atoms with Gasteiger partial charge < -0.3 is 11.1 Å². The Morgan fingerprint density at radius 2 is 1.85 bits per heavy atom. The van der Waals surface area contributed by atoms with E-state index in [1.54, 1.807) is 13.8 Å². The van der Waals surface area contributed by atoms with Crippen molar-refractivity contribution in [1.82, 2.24) is 0 Å². The highest BCUT2D eigenvalue weighted by Gasteiger charge is 2.33. The topological polar surface area (TPSA) is 55.1 Å². The maximum absolute atomic E-state index is 12.7. The molecular formula is C13H18ClF3N2O. The van der Waals surface area contributed by atoms with Gasteiger partial charge in [0.25, 0.3) is 0 Å². The van der Waals surface area contributed by atoms with Gasteiger partial charge in [-0.3, -0.25) is 4.79 Å². The third-order valence-electron chi connectivity index (χ3n) is 3.10. The highest BCUT2D eigenvalue weighted by Crippen LogP contribution is 2.34. The minimum atomic E-state index is -4.43. The van der Waals surface area contributed by atoms with Crippen molar-refractivity contribution in [1.29, 1.82) is 0 Å². The predicted octanol–water partition coefficient (Wildman–Crippen LogP) is 3.36. The highest BCUT2D eigenvalue weighted by atomic mass is 35.5. The lowest BCUT2D eigenvalue weighted by atomic mass is 10.0. The molecule has 1 rings (SSSR count). The number of halogens is 4. The first-order valence-electron chi connectivity index (χ1n) is 5.88. The summed E-state index contributed by atoms with van der Waals surface area (Å²) in [6.45, 7) is 4.63. The SMILES string of the molecule is Cc1c(NC(=O)C(C)C(C)N)cccc1C(F)(F)F.Cl. The zero-order valence-corrected chi connectivity index (χ0v) is 12.2. The monoisotopic (exact) mass is 310 g/mol. The number of amides is 1. The molecule has 7 heteroatoms. The van der Waals surface area contributed by atoms with Gasteiger partial charge in [-0.2, -0.15) is 13.2 Å². The zero-order valence-electron chi connectivity index (χ0n) is 11.4. The molecule has 1 aromatic rings. The third-order valence-corrected chi connectivity index (χ3v) is 3.10. The molecule has 20 heavy (non-hydrogen) atoms. The van der Waals surface area contributed by atoms with Crippen molar-refractivity contribution in [2.75, 3.05) is 5.32 Å². The number of benzene rings is 1. The molecule has 2 atom stereocenters. The van der Waals surface area contributed by atoms with E-state index < -0.39 is 23.6 Å². The summed E-state index contributed by atoms with van der Waals surface area (Å²) in [6.07, 6.45) is -4.43. The number of carbonyl (C=O) groups excluding carboxylic acids is 1. The van der Waals surface area contributed by atoms with E-state index in [1.807, 2.05) is 0 Å². The molecule has 0 spiro atoms. The molecular weight excluding hydrogens is 293 g/mol. The average Bonchev–Trinajstić information content (AvgIpc) is 2.29. The van der Waals surface area contributed by atoms with E-state index in [0.29, 0.717) is 0 Å². The van der Waals surface area contributed by atoms with Crippen LogP contribution in [0.1, 0.15) is 25.0 Å². The van der Waals surface area contributed by atoms with E-state index in [4.69, 9.17) is 5.73 Å². The van der Waals surface area contributed by atoms with Crippen molar-refractivity contribution in [3.63, 3.8) is 0 Å². The van der Waals surface area contributed by atoms with Crippen LogP contribution in [0.15, 0.2) is 18.2 Å². The number of nitrogens with one attached hydrogen (secondary N) is 1. The molecule has 0 radical (unpaired) electrons. The van der Waals surface area contributed by atoms with Gasteiger partial charge in [-0.1, -0.05) is 13.0 Å². The Labute approximate surface area is 122 Å². The number of alkyl halides is 3. The minimum absolute atomic E-state index is 0. The summed E-state index contributed by atoms with van der Waals surface area (Å²) in [5, 5.41) is 2.48. The third kappa shape index (κ3) is 4.38. The van der Waals surface area contributed by atoms with Crippen molar-refractivity contribution >= 4 is 24.0 Å². The van der Waals surface area contributed by atoms with Gasteiger partial charge in [0.2, 0.25) is 5.91 Å². The highest BCUT2D eigenvalue weighted by molar-refractivity contribution is 5.93. The fourth-order valence-electron chi connectivity index (χ4n) is 1.56. The lowest BCUT2D eigenvalue weighted by Gasteiger charge is -2.18. The Hall–Kier alpha value is -1.27. The molecule has 0 aliphatic rings. The van der Waals surface area contributed by atoms with Crippen LogP contribution in [0.4, 0.5) is 18.9 Å². The summed E-state index contributed by atoms with van der Waals surface area (Å²) in [6, 6.07) is 3.32. The second-order valence-electron chi connectivity index (χ2n) is 4.61. The molecule has 0 aliphatic heterocycles. The van der Waals surface area contributed by atoms with Gasteiger partial charge in [0.1, 0.15) is 0 Å². The van der Waals surface area contributed by atoms with Crippen LogP contribution in [-0.2, 0) is 11.0 Å². The number of hydrogen-bond acceptors (Lipinski definition) is 2. The van der Waals surface area contributed by atoms with E-state index in [-0.39, 0.29) is 29.7 Å². The van der Waals surface area contributed by atoms with E-state index >= 15 is 0 Å². The molecule has 3 N–H and O–H groups in total. The van der Waals surface area contributed by atoms with Crippen LogP contribution in [0.2, 0.25) is 0 Å². The summed E-state index contributed by atoms with van der Waals surface area (Å²) in [5.41, 5.74) is 5.00. The normalized spacial score (nSPS) is 14.2. The zero-order chi connectivity index (χ0) is 14.8. The maximum Gasteiger partial charge on any atom is 0.416 e. The van der Waals surface area contributed by atoms with Gasteiger partial charge in [0.05, 0.1) is 11.5 Å². The van der Waals surface area contributed by atoms with Gasteiger partial charge >= 0.3 is 6.18 Å². The Balaban J connectivity index is 0.00000361. The van der Waals surface area contributed by atoms with Crippen LogP contribution in [0.25, 0.3) is 0 Å². The van der Waals surface area contributed by atoms with Crippen molar-refractivity contribution < 1.29 is 18.0 Å². The van der Waals surface area contributed by atoms with E-state index in [1.165, 1.54) is 19.1 Å². The first-order valence-corrected chi connectivity index (χ1v) is 5.88. The standard InChI is InChI=1S/C13H17F3N2O.ClH/c1-7(9(3)17)12(19)18-11-6-4-5-10(8(11)2)13(14,15)16;/h4-7,9H,17H2,1-3H3,(H,18,19);1H.